The number of nitrogens with zero attached hydrogens (tertiary/aromatic N) is 1. The number of nitrogens with two attached hydrogens (primary N) is 2. The molecule has 2 amide bonds. The van der Waals surface area contributed by atoms with Gasteiger partial charge in [-0.3, -0.25) is 14.4 Å². The lowest BCUT2D eigenvalue weighted by molar-refractivity contribution is -0.137. The molecule has 248 valence electrons. The number of aliphatic carboxylic acids is 1. The molecule has 0 saturated carbocycles. The van der Waals surface area contributed by atoms with E-state index in [1.54, 1.807) is 24.3 Å². The van der Waals surface area contributed by atoms with Crippen LogP contribution in [-0.4, -0.2) is 91.4 Å². The monoisotopic (exact) mass is 612 g/mol. The van der Waals surface area contributed by atoms with E-state index in [2.05, 4.69) is 31.8 Å². The molecule has 1 aromatic rings. The van der Waals surface area contributed by atoms with E-state index in [-0.39, 0.29) is 29.0 Å². The first kappa shape index (κ1) is 44.1. The smallest absolute Gasteiger partial charge is 0.303 e. The number of primary amides is 1. The van der Waals surface area contributed by atoms with Crippen molar-refractivity contribution < 1.29 is 38.9 Å². The van der Waals surface area contributed by atoms with Crippen molar-refractivity contribution in [2.24, 2.45) is 16.9 Å². The van der Waals surface area contributed by atoms with Crippen molar-refractivity contribution in [3.05, 3.63) is 29.8 Å². The highest BCUT2D eigenvalue weighted by atomic mass is 16.5. The van der Waals surface area contributed by atoms with E-state index < -0.39 is 12.1 Å². The SMILES string of the molecule is CC(C)(C)CCCC(=O)O.CC=O.CCCC(C=O)NC(=O)CCc1ccc(O)cc1.CN.CN1CCOC(C(N)=O)C1. The number of carboxylic acid groups (broad SMARTS) is 1. The van der Waals surface area contributed by atoms with Crippen molar-refractivity contribution in [1.82, 2.24) is 10.2 Å². The van der Waals surface area contributed by atoms with E-state index in [9.17, 15) is 19.2 Å². The van der Waals surface area contributed by atoms with E-state index in [1.807, 2.05) is 18.9 Å². The second-order valence-electron chi connectivity index (χ2n) is 10.8. The Labute approximate surface area is 257 Å². The van der Waals surface area contributed by atoms with Crippen LogP contribution in [0.1, 0.15) is 78.7 Å². The van der Waals surface area contributed by atoms with E-state index in [0.29, 0.717) is 38.8 Å². The lowest BCUT2D eigenvalue weighted by Crippen LogP contribution is -2.46. The van der Waals surface area contributed by atoms with Crippen molar-refractivity contribution in [3.8, 4) is 5.75 Å². The van der Waals surface area contributed by atoms with Gasteiger partial charge in [0.1, 0.15) is 24.4 Å². The summed E-state index contributed by atoms with van der Waals surface area (Å²) in [6.07, 6.45) is 5.69. The van der Waals surface area contributed by atoms with Gasteiger partial charge in [0.25, 0.3) is 0 Å². The summed E-state index contributed by atoms with van der Waals surface area (Å²) in [7, 11) is 3.44. The molecule has 2 atom stereocenters. The quantitative estimate of drug-likeness (QED) is 0.231. The minimum atomic E-state index is -0.691. The van der Waals surface area contributed by atoms with Crippen molar-refractivity contribution >= 4 is 30.4 Å². The fourth-order valence-corrected chi connectivity index (χ4v) is 3.40. The molecular weight excluding hydrogens is 556 g/mol. The minimum absolute atomic E-state index is 0.117. The van der Waals surface area contributed by atoms with Gasteiger partial charge in [0, 0.05) is 25.9 Å². The van der Waals surface area contributed by atoms with Crippen LogP contribution in [-0.2, 0) is 35.1 Å². The summed E-state index contributed by atoms with van der Waals surface area (Å²) in [4.78, 5) is 53.8. The lowest BCUT2D eigenvalue weighted by Gasteiger charge is -2.27. The average Bonchev–Trinajstić information content (AvgIpc) is 2.94. The summed E-state index contributed by atoms with van der Waals surface area (Å²) in [5, 5.41) is 20.1. The highest BCUT2D eigenvalue weighted by Crippen LogP contribution is 2.21. The third kappa shape index (κ3) is 29.9. The van der Waals surface area contributed by atoms with Crippen LogP contribution in [0.2, 0.25) is 0 Å². The molecule has 2 unspecified atom stereocenters. The molecule has 12 heteroatoms. The number of carbonyl (C=O) groups excluding carboxylic acids is 4. The molecule has 1 heterocycles. The van der Waals surface area contributed by atoms with Crippen molar-refractivity contribution in [2.45, 2.75) is 91.7 Å². The topological polar surface area (TPSA) is 202 Å². The number of hydrogen-bond acceptors (Lipinski definition) is 9. The van der Waals surface area contributed by atoms with Crippen LogP contribution in [0.15, 0.2) is 24.3 Å². The summed E-state index contributed by atoms with van der Waals surface area (Å²) in [6, 6.07) is 6.39. The molecule has 0 radical (unpaired) electrons. The Morgan fingerprint density at radius 1 is 1.14 bits per heavy atom. The third-order valence-corrected chi connectivity index (χ3v) is 5.59. The molecule has 0 bridgehead atoms. The number of amides is 2. The first-order valence-electron chi connectivity index (χ1n) is 14.5. The van der Waals surface area contributed by atoms with Gasteiger partial charge in [0.05, 0.1) is 12.6 Å². The number of ether oxygens (including phenoxy) is 1. The first-order valence-corrected chi connectivity index (χ1v) is 14.5. The number of nitrogens with one attached hydrogen (secondary N) is 1. The van der Waals surface area contributed by atoms with Gasteiger partial charge in [-0.25, -0.2) is 0 Å². The summed E-state index contributed by atoms with van der Waals surface area (Å²) < 4.78 is 5.09. The second kappa shape index (κ2) is 27.5. The molecule has 2 rings (SSSR count). The molecule has 12 nitrogen and oxygen atoms in total. The molecule has 0 spiro atoms. The van der Waals surface area contributed by atoms with Gasteiger partial charge in [-0.15, -0.1) is 0 Å². The lowest BCUT2D eigenvalue weighted by atomic mass is 9.90. The van der Waals surface area contributed by atoms with E-state index >= 15 is 0 Å². The zero-order valence-corrected chi connectivity index (χ0v) is 27.1. The molecule has 0 aliphatic carbocycles. The molecule has 0 aromatic heterocycles. The number of phenols is 1. The van der Waals surface area contributed by atoms with Gasteiger partial charge in [-0.2, -0.15) is 0 Å². The Hall–Kier alpha value is -3.35. The number of aromatic hydroxyl groups is 1. The van der Waals surface area contributed by atoms with Crippen LogP contribution in [0, 0.1) is 5.41 Å². The Bertz CT molecular complexity index is 889. The normalized spacial score (nSPS) is 14.7. The zero-order chi connectivity index (χ0) is 33.8. The van der Waals surface area contributed by atoms with Crippen LogP contribution in [0.3, 0.4) is 0 Å². The second-order valence-corrected chi connectivity index (χ2v) is 10.8. The van der Waals surface area contributed by atoms with Crippen LogP contribution in [0.4, 0.5) is 0 Å². The molecule has 1 fully saturated rings. The van der Waals surface area contributed by atoms with E-state index in [0.717, 1.165) is 43.9 Å². The highest BCUT2D eigenvalue weighted by Gasteiger charge is 2.21. The largest absolute Gasteiger partial charge is 0.508 e. The molecule has 43 heavy (non-hydrogen) atoms. The number of morpholine rings is 1. The Kier molecular flexibility index (Phi) is 28.2. The number of likely N-dealkylation sites (N-methyl/N-ethyl adjacent to an activating group) is 1. The highest BCUT2D eigenvalue weighted by molar-refractivity contribution is 5.80. The van der Waals surface area contributed by atoms with E-state index in [1.165, 1.54) is 14.0 Å². The van der Waals surface area contributed by atoms with Crippen molar-refractivity contribution in [3.63, 3.8) is 0 Å². The van der Waals surface area contributed by atoms with Crippen LogP contribution in [0.5, 0.6) is 5.75 Å². The summed E-state index contributed by atoms with van der Waals surface area (Å²) in [6.45, 7) is 11.9. The first-order chi connectivity index (χ1) is 20.2. The molecule has 1 aliphatic heterocycles. The van der Waals surface area contributed by atoms with Gasteiger partial charge in [0.15, 0.2) is 0 Å². The van der Waals surface area contributed by atoms with Gasteiger partial charge >= 0.3 is 5.97 Å². The fourth-order valence-electron chi connectivity index (χ4n) is 3.40. The maximum Gasteiger partial charge on any atom is 0.303 e. The predicted molar refractivity (Wildman–Crippen MR) is 169 cm³/mol. The molecule has 1 aliphatic rings. The van der Waals surface area contributed by atoms with Crippen molar-refractivity contribution in [2.75, 3.05) is 33.8 Å². The maximum atomic E-state index is 11.6. The Balaban J connectivity index is -0.000000548. The average molecular weight is 613 g/mol. The van der Waals surface area contributed by atoms with Crippen LogP contribution in [0.25, 0.3) is 0 Å². The van der Waals surface area contributed by atoms with Gasteiger partial charge < -0.3 is 46.2 Å². The number of carboxylic acids is 1. The molecule has 1 aromatic carbocycles. The summed E-state index contributed by atoms with van der Waals surface area (Å²) in [5.41, 5.74) is 10.8. The minimum Gasteiger partial charge on any atom is -0.508 e. The number of benzene rings is 1. The van der Waals surface area contributed by atoms with Gasteiger partial charge in [0.2, 0.25) is 11.8 Å². The summed E-state index contributed by atoms with van der Waals surface area (Å²) in [5.74, 6) is -0.961. The molecule has 7 N–H and O–H groups in total. The van der Waals surface area contributed by atoms with Crippen LogP contribution < -0.4 is 16.8 Å². The van der Waals surface area contributed by atoms with Crippen molar-refractivity contribution in [1.29, 1.82) is 0 Å². The third-order valence-electron chi connectivity index (χ3n) is 5.59. The Morgan fingerprint density at radius 2 is 1.70 bits per heavy atom. The molecule has 1 saturated heterocycles. The number of aryl methyl sites for hydroxylation is 1. The maximum absolute atomic E-state index is 11.6. The zero-order valence-electron chi connectivity index (χ0n) is 27.1. The number of phenolic OH excluding ortho intramolecular Hbond substituents is 1. The number of rotatable bonds is 11. The number of carbonyl (C=O) groups is 5. The predicted octanol–water partition coefficient (Wildman–Crippen LogP) is 2.68. The van der Waals surface area contributed by atoms with E-state index in [4.69, 9.17) is 25.5 Å². The standard InChI is InChI=1S/C14H19NO3.C8H16O2.C6H12N2O2.C2H4O.CH5N/c1-2-3-12(10-16)15-14(18)9-6-11-4-7-13(17)8-5-11;1-8(2,3)6-4-5-7(9)10;1-8-2-3-10-5(4-8)6(7)9;1-2-3;1-2/h4-5,7-8,10,12,17H,2-3,6,9H2,1H3,(H,15,18);4-6H2,1-3H3,(H,9,10);5H,2-4H2,1H3,(H2,7,9);2H,1H3;2H2,1H3. The van der Waals surface area contributed by atoms with Gasteiger partial charge in [-0.05, 0) is 69.8 Å². The summed E-state index contributed by atoms with van der Waals surface area (Å²) >= 11 is 0. The van der Waals surface area contributed by atoms with Crippen LogP contribution >= 0.6 is 0 Å². The fraction of sp³-hybridized carbons (Fsp3) is 0.645. The molecular formula is C31H56N4O8. The van der Waals surface area contributed by atoms with Gasteiger partial charge in [-0.1, -0.05) is 46.2 Å². The number of hydrogen-bond donors (Lipinski definition) is 5. The number of aldehydes is 2. The Morgan fingerprint density at radius 3 is 2.09 bits per heavy atom.